The minimum Gasteiger partial charge on any atom is -0.346 e. The predicted molar refractivity (Wildman–Crippen MR) is 68.3 cm³/mol. The van der Waals surface area contributed by atoms with Crippen LogP contribution in [0.25, 0.3) is 10.9 Å². The fourth-order valence-corrected chi connectivity index (χ4v) is 3.27. The highest BCUT2D eigenvalue weighted by atomic mass is 15.3. The average molecular weight is 228 g/mol. The van der Waals surface area contributed by atoms with Crippen molar-refractivity contribution in [3.05, 3.63) is 24.3 Å². The van der Waals surface area contributed by atoms with E-state index in [1.54, 1.807) is 0 Å². The molecule has 1 aromatic carbocycles. The molecule has 88 valence electrons. The largest absolute Gasteiger partial charge is 0.346 e. The van der Waals surface area contributed by atoms with Crippen molar-refractivity contribution in [2.45, 2.75) is 24.9 Å². The SMILES string of the molecule is c1ccc2c(N3C4CCC3CNC4)n[nH]c2c1. The zero-order chi connectivity index (χ0) is 11.2. The number of anilines is 1. The van der Waals surface area contributed by atoms with E-state index in [4.69, 9.17) is 0 Å². The van der Waals surface area contributed by atoms with Gasteiger partial charge >= 0.3 is 0 Å². The van der Waals surface area contributed by atoms with Crippen LogP contribution in [0.5, 0.6) is 0 Å². The maximum atomic E-state index is 4.53. The van der Waals surface area contributed by atoms with Gasteiger partial charge in [0.25, 0.3) is 0 Å². The van der Waals surface area contributed by atoms with Gasteiger partial charge in [-0.3, -0.25) is 5.10 Å². The van der Waals surface area contributed by atoms with Crippen LogP contribution < -0.4 is 10.2 Å². The second kappa shape index (κ2) is 3.47. The number of nitrogens with one attached hydrogen (secondary N) is 2. The van der Waals surface area contributed by atoms with Gasteiger partial charge < -0.3 is 10.2 Å². The lowest BCUT2D eigenvalue weighted by atomic mass is 10.2. The summed E-state index contributed by atoms with van der Waals surface area (Å²) < 4.78 is 0. The average Bonchev–Trinajstić information content (AvgIpc) is 2.87. The Morgan fingerprint density at radius 3 is 2.71 bits per heavy atom. The molecular weight excluding hydrogens is 212 g/mol. The van der Waals surface area contributed by atoms with Crippen LogP contribution in [0.3, 0.4) is 0 Å². The van der Waals surface area contributed by atoms with E-state index in [0.29, 0.717) is 12.1 Å². The molecule has 2 atom stereocenters. The Labute approximate surface area is 100.0 Å². The summed E-state index contributed by atoms with van der Waals surface area (Å²) in [6.45, 7) is 2.19. The first kappa shape index (κ1) is 9.48. The van der Waals surface area contributed by atoms with Crippen molar-refractivity contribution in [2.75, 3.05) is 18.0 Å². The Bertz CT molecular complexity index is 531. The molecule has 2 aliphatic heterocycles. The molecule has 0 saturated carbocycles. The molecule has 4 heteroatoms. The molecule has 0 aliphatic carbocycles. The van der Waals surface area contributed by atoms with Crippen LogP contribution in [0.4, 0.5) is 5.82 Å². The minimum atomic E-state index is 0.625. The number of fused-ring (bicyclic) bond motifs is 3. The van der Waals surface area contributed by atoms with Gasteiger partial charge in [-0.05, 0) is 25.0 Å². The zero-order valence-electron chi connectivity index (χ0n) is 9.69. The summed E-state index contributed by atoms with van der Waals surface area (Å²) in [5.41, 5.74) is 1.14. The molecule has 2 N–H and O–H groups in total. The van der Waals surface area contributed by atoms with Gasteiger partial charge in [0.05, 0.1) is 5.52 Å². The van der Waals surface area contributed by atoms with E-state index >= 15 is 0 Å². The van der Waals surface area contributed by atoms with Crippen molar-refractivity contribution < 1.29 is 0 Å². The normalized spacial score (nSPS) is 27.9. The summed E-state index contributed by atoms with van der Waals surface area (Å²) in [5, 5.41) is 12.4. The number of aromatic nitrogens is 2. The number of hydrogen-bond acceptors (Lipinski definition) is 3. The Morgan fingerprint density at radius 1 is 1.12 bits per heavy atom. The molecule has 0 spiro atoms. The van der Waals surface area contributed by atoms with Crippen LogP contribution in [0.1, 0.15) is 12.8 Å². The smallest absolute Gasteiger partial charge is 0.158 e. The molecule has 2 unspecified atom stereocenters. The van der Waals surface area contributed by atoms with Crippen molar-refractivity contribution in [3.63, 3.8) is 0 Å². The Hall–Kier alpha value is -1.55. The fraction of sp³-hybridized carbons (Fsp3) is 0.462. The lowest BCUT2D eigenvalue weighted by molar-refractivity contribution is 0.482. The number of rotatable bonds is 1. The fourth-order valence-electron chi connectivity index (χ4n) is 3.27. The van der Waals surface area contributed by atoms with Crippen molar-refractivity contribution in [2.24, 2.45) is 0 Å². The van der Waals surface area contributed by atoms with Crippen LogP contribution >= 0.6 is 0 Å². The number of hydrogen-bond donors (Lipinski definition) is 2. The van der Waals surface area contributed by atoms with Crippen LogP contribution in [-0.2, 0) is 0 Å². The highest BCUT2D eigenvalue weighted by Crippen LogP contribution is 2.34. The van der Waals surface area contributed by atoms with Gasteiger partial charge in [0.1, 0.15) is 0 Å². The van der Waals surface area contributed by atoms with Crippen LogP contribution in [0.15, 0.2) is 24.3 Å². The second-order valence-corrected chi connectivity index (χ2v) is 5.04. The Morgan fingerprint density at radius 2 is 1.88 bits per heavy atom. The van der Waals surface area contributed by atoms with Gasteiger partial charge in [0.2, 0.25) is 0 Å². The van der Waals surface area contributed by atoms with Gasteiger partial charge in [-0.1, -0.05) is 12.1 Å². The van der Waals surface area contributed by atoms with Crippen LogP contribution in [0.2, 0.25) is 0 Å². The second-order valence-electron chi connectivity index (χ2n) is 5.04. The standard InChI is InChI=1S/C13H16N4/c1-2-4-12-11(3-1)13(16-15-12)17-9-5-6-10(17)8-14-7-9/h1-4,9-10,14H,5-8H2,(H,15,16). The van der Waals surface area contributed by atoms with E-state index in [9.17, 15) is 0 Å². The van der Waals surface area contributed by atoms with E-state index in [-0.39, 0.29) is 0 Å². The minimum absolute atomic E-state index is 0.625. The summed E-state index contributed by atoms with van der Waals surface area (Å²) in [7, 11) is 0. The molecule has 2 fully saturated rings. The monoisotopic (exact) mass is 228 g/mol. The Kier molecular flexibility index (Phi) is 1.93. The summed E-state index contributed by atoms with van der Waals surface area (Å²) >= 11 is 0. The summed E-state index contributed by atoms with van der Waals surface area (Å²) in [4.78, 5) is 2.52. The Balaban J connectivity index is 1.84. The van der Waals surface area contributed by atoms with Gasteiger partial charge in [-0.25, -0.2) is 0 Å². The summed E-state index contributed by atoms with van der Waals surface area (Å²) in [6.07, 6.45) is 2.58. The lowest BCUT2D eigenvalue weighted by Crippen LogP contribution is -2.52. The van der Waals surface area contributed by atoms with Crippen molar-refractivity contribution >= 4 is 16.7 Å². The third-order valence-corrected chi connectivity index (χ3v) is 4.07. The molecule has 0 radical (unpaired) electrons. The first-order valence-electron chi connectivity index (χ1n) is 6.35. The lowest BCUT2D eigenvalue weighted by Gasteiger charge is -2.35. The topological polar surface area (TPSA) is 44.0 Å². The summed E-state index contributed by atoms with van der Waals surface area (Å²) in [5.74, 6) is 1.15. The van der Waals surface area contributed by atoms with Gasteiger partial charge in [-0.2, -0.15) is 5.10 Å². The molecule has 3 heterocycles. The van der Waals surface area contributed by atoms with Crippen molar-refractivity contribution in [1.29, 1.82) is 0 Å². The number of nitrogens with zero attached hydrogens (tertiary/aromatic N) is 2. The van der Waals surface area contributed by atoms with Crippen LogP contribution in [0, 0.1) is 0 Å². The number of piperazine rings is 1. The molecule has 4 nitrogen and oxygen atoms in total. The number of para-hydroxylation sites is 1. The molecule has 1 aromatic heterocycles. The molecule has 0 amide bonds. The number of H-pyrrole nitrogens is 1. The number of aromatic amines is 1. The van der Waals surface area contributed by atoms with E-state index in [1.807, 2.05) is 0 Å². The number of benzene rings is 1. The molecular formula is C13H16N4. The summed E-state index contributed by atoms with van der Waals surface area (Å²) in [6, 6.07) is 9.65. The van der Waals surface area contributed by atoms with Crippen molar-refractivity contribution in [3.8, 4) is 0 Å². The molecule has 2 saturated heterocycles. The van der Waals surface area contributed by atoms with Gasteiger partial charge in [0.15, 0.2) is 5.82 Å². The maximum absolute atomic E-state index is 4.53. The van der Waals surface area contributed by atoms with E-state index < -0.39 is 0 Å². The quantitative estimate of drug-likeness (QED) is 0.777. The maximum Gasteiger partial charge on any atom is 0.158 e. The molecule has 2 aromatic rings. The highest BCUT2D eigenvalue weighted by Gasteiger charge is 2.38. The molecule has 4 rings (SSSR count). The highest BCUT2D eigenvalue weighted by molar-refractivity contribution is 5.90. The van der Waals surface area contributed by atoms with E-state index in [1.165, 1.54) is 18.2 Å². The predicted octanol–water partition coefficient (Wildman–Crippen LogP) is 1.50. The molecule has 2 aliphatic rings. The molecule has 2 bridgehead atoms. The van der Waals surface area contributed by atoms with E-state index in [0.717, 1.165) is 24.4 Å². The van der Waals surface area contributed by atoms with Gasteiger partial charge in [-0.15, -0.1) is 0 Å². The van der Waals surface area contributed by atoms with E-state index in [2.05, 4.69) is 44.7 Å². The third-order valence-electron chi connectivity index (χ3n) is 4.07. The van der Waals surface area contributed by atoms with Crippen LogP contribution in [-0.4, -0.2) is 35.4 Å². The first-order valence-corrected chi connectivity index (χ1v) is 6.35. The van der Waals surface area contributed by atoms with Crippen molar-refractivity contribution in [1.82, 2.24) is 15.5 Å². The first-order chi connectivity index (χ1) is 8.43. The van der Waals surface area contributed by atoms with Gasteiger partial charge in [0, 0.05) is 30.6 Å². The molecule has 17 heavy (non-hydrogen) atoms. The zero-order valence-corrected chi connectivity index (χ0v) is 9.69. The third kappa shape index (κ3) is 1.30.